The van der Waals surface area contributed by atoms with Crippen molar-refractivity contribution in [2.24, 2.45) is 5.41 Å². The van der Waals surface area contributed by atoms with E-state index in [0.717, 1.165) is 0 Å². The number of rotatable bonds is 8. The minimum absolute atomic E-state index is 0.0348. The van der Waals surface area contributed by atoms with Crippen molar-refractivity contribution in [2.75, 3.05) is 21.3 Å². The quantitative estimate of drug-likeness (QED) is 0.646. The molecule has 0 saturated heterocycles. The molecule has 0 atom stereocenters. The summed E-state index contributed by atoms with van der Waals surface area (Å²) in [6.07, 6.45) is 1.63. The van der Waals surface area contributed by atoms with Gasteiger partial charge >= 0.3 is 0 Å². The van der Waals surface area contributed by atoms with Crippen molar-refractivity contribution < 1.29 is 23.8 Å². The van der Waals surface area contributed by atoms with Gasteiger partial charge in [-0.25, -0.2) is 0 Å². The van der Waals surface area contributed by atoms with Gasteiger partial charge in [-0.05, 0) is 51.5 Å². The van der Waals surface area contributed by atoms with Crippen LogP contribution in [0.3, 0.4) is 0 Å². The molecular weight excluding hydrogens is 384 g/mol. The predicted octanol–water partition coefficient (Wildman–Crippen LogP) is 3.86. The monoisotopic (exact) mass is 420 g/mol. The summed E-state index contributed by atoms with van der Waals surface area (Å²) in [4.78, 5) is 27.8. The van der Waals surface area contributed by atoms with E-state index in [2.05, 4.69) is 5.32 Å². The van der Waals surface area contributed by atoms with Gasteiger partial charge in [0.05, 0.1) is 21.3 Å². The van der Waals surface area contributed by atoms with E-state index in [0.29, 0.717) is 22.8 Å². The lowest BCUT2D eigenvalue weighted by Gasteiger charge is -2.32. The molecule has 0 aliphatic carbocycles. The minimum Gasteiger partial charge on any atom is -0.493 e. The summed E-state index contributed by atoms with van der Waals surface area (Å²) in [5.74, 6) is 0.867. The van der Waals surface area contributed by atoms with E-state index in [1.165, 1.54) is 21.3 Å². The van der Waals surface area contributed by atoms with Gasteiger partial charge in [0.1, 0.15) is 5.70 Å². The van der Waals surface area contributed by atoms with Gasteiger partial charge in [0.25, 0.3) is 5.91 Å². The van der Waals surface area contributed by atoms with Gasteiger partial charge in [-0.3, -0.25) is 9.59 Å². The van der Waals surface area contributed by atoms with Gasteiger partial charge in [0.2, 0.25) is 11.7 Å². The van der Waals surface area contributed by atoms with Crippen molar-refractivity contribution in [2.45, 2.75) is 60.5 Å². The minimum atomic E-state index is -0.658. The normalized spacial score (nSPS) is 12.1. The molecule has 1 aromatic carbocycles. The summed E-state index contributed by atoms with van der Waals surface area (Å²) in [5, 5.41) is 2.82. The summed E-state index contributed by atoms with van der Waals surface area (Å²) in [6.45, 7) is 13.2. The summed E-state index contributed by atoms with van der Waals surface area (Å²) in [5.41, 5.74) is 0.163. The second kappa shape index (κ2) is 10.4. The zero-order valence-electron chi connectivity index (χ0n) is 19.9. The van der Waals surface area contributed by atoms with E-state index < -0.39 is 5.41 Å². The number of ether oxygens (including phenoxy) is 3. The molecular formula is C23H36N2O5. The number of nitrogens with one attached hydrogen (secondary N) is 1. The average molecular weight is 421 g/mol. The molecule has 0 fully saturated rings. The molecule has 7 nitrogen and oxygen atoms in total. The van der Waals surface area contributed by atoms with Crippen molar-refractivity contribution in [1.82, 2.24) is 10.2 Å². The molecule has 0 bridgehead atoms. The Morgan fingerprint density at radius 2 is 1.40 bits per heavy atom. The molecule has 0 heterocycles. The first-order chi connectivity index (χ1) is 13.9. The highest BCUT2D eigenvalue weighted by Gasteiger charge is 2.28. The van der Waals surface area contributed by atoms with E-state index in [4.69, 9.17) is 14.2 Å². The Labute approximate surface area is 180 Å². The van der Waals surface area contributed by atoms with Gasteiger partial charge in [-0.15, -0.1) is 0 Å². The van der Waals surface area contributed by atoms with Crippen molar-refractivity contribution in [3.8, 4) is 17.2 Å². The van der Waals surface area contributed by atoms with Crippen molar-refractivity contribution >= 4 is 17.9 Å². The Morgan fingerprint density at radius 3 is 1.73 bits per heavy atom. The summed E-state index contributed by atoms with van der Waals surface area (Å²) >= 11 is 0. The predicted molar refractivity (Wildman–Crippen MR) is 119 cm³/mol. The maximum Gasteiger partial charge on any atom is 0.270 e. The molecule has 2 amide bonds. The third kappa shape index (κ3) is 6.15. The SMILES string of the molecule is COc1cc(/C=C(/NC(=O)C(C)(C)C)C(=O)N(C(C)C)C(C)C)cc(OC)c1OC. The van der Waals surface area contributed by atoms with E-state index >= 15 is 0 Å². The zero-order chi connectivity index (χ0) is 23.2. The molecule has 0 radical (unpaired) electrons. The van der Waals surface area contributed by atoms with Crippen LogP contribution in [0.15, 0.2) is 17.8 Å². The van der Waals surface area contributed by atoms with Gasteiger partial charge in [-0.1, -0.05) is 20.8 Å². The number of hydrogen-bond acceptors (Lipinski definition) is 5. The molecule has 1 rings (SSSR count). The molecule has 7 heteroatoms. The van der Waals surface area contributed by atoms with Crippen LogP contribution >= 0.6 is 0 Å². The van der Waals surface area contributed by atoms with Crippen LogP contribution in [-0.4, -0.2) is 50.1 Å². The van der Waals surface area contributed by atoms with Crippen molar-refractivity contribution in [3.63, 3.8) is 0 Å². The fraction of sp³-hybridized carbons (Fsp3) is 0.565. The number of benzene rings is 1. The summed E-state index contributed by atoms with van der Waals surface area (Å²) < 4.78 is 16.2. The zero-order valence-corrected chi connectivity index (χ0v) is 19.9. The summed E-state index contributed by atoms with van der Waals surface area (Å²) in [7, 11) is 4.58. The van der Waals surface area contributed by atoms with Crippen LogP contribution < -0.4 is 19.5 Å². The Morgan fingerprint density at radius 1 is 0.933 bits per heavy atom. The van der Waals surface area contributed by atoms with E-state index in [1.54, 1.807) is 43.9 Å². The van der Waals surface area contributed by atoms with Crippen LogP contribution in [0.5, 0.6) is 17.2 Å². The Bertz CT molecular complexity index is 758. The second-order valence-corrected chi connectivity index (χ2v) is 8.62. The van der Waals surface area contributed by atoms with Gasteiger partial charge in [-0.2, -0.15) is 0 Å². The third-order valence-corrected chi connectivity index (χ3v) is 4.51. The molecule has 0 spiro atoms. The molecule has 168 valence electrons. The van der Waals surface area contributed by atoms with Crippen LogP contribution in [0, 0.1) is 5.41 Å². The maximum atomic E-state index is 13.4. The molecule has 0 saturated carbocycles. The lowest BCUT2D eigenvalue weighted by Crippen LogP contribution is -2.47. The molecule has 30 heavy (non-hydrogen) atoms. The number of methoxy groups -OCH3 is 3. The van der Waals surface area contributed by atoms with Gasteiger partial charge in [0, 0.05) is 17.5 Å². The maximum absolute atomic E-state index is 13.4. The molecule has 0 aliphatic heterocycles. The topological polar surface area (TPSA) is 77.1 Å². The van der Waals surface area contributed by atoms with E-state index in [9.17, 15) is 9.59 Å². The molecule has 0 unspecified atom stereocenters. The van der Waals surface area contributed by atoms with Gasteiger partial charge in [0.15, 0.2) is 11.5 Å². The largest absolute Gasteiger partial charge is 0.493 e. The summed E-state index contributed by atoms with van der Waals surface area (Å²) in [6, 6.07) is 3.39. The van der Waals surface area contributed by atoms with Crippen LogP contribution in [0.2, 0.25) is 0 Å². The van der Waals surface area contributed by atoms with E-state index in [1.807, 2.05) is 27.7 Å². The smallest absolute Gasteiger partial charge is 0.270 e. The number of hydrogen-bond donors (Lipinski definition) is 1. The van der Waals surface area contributed by atoms with Gasteiger partial charge < -0.3 is 24.4 Å². The van der Waals surface area contributed by atoms with Crippen molar-refractivity contribution in [1.29, 1.82) is 0 Å². The molecule has 1 N–H and O–H groups in total. The van der Waals surface area contributed by atoms with Crippen molar-refractivity contribution in [3.05, 3.63) is 23.4 Å². The highest BCUT2D eigenvalue weighted by Crippen LogP contribution is 2.38. The Balaban J connectivity index is 3.60. The lowest BCUT2D eigenvalue weighted by atomic mass is 9.95. The highest BCUT2D eigenvalue weighted by molar-refractivity contribution is 6.02. The number of carbonyl (C=O) groups excluding carboxylic acids is 2. The second-order valence-electron chi connectivity index (χ2n) is 8.62. The van der Waals surface area contributed by atoms with Crippen LogP contribution in [0.1, 0.15) is 54.0 Å². The first kappa shape index (κ1) is 25.3. The fourth-order valence-electron chi connectivity index (χ4n) is 3.02. The van der Waals surface area contributed by atoms with E-state index in [-0.39, 0.29) is 29.6 Å². The molecule has 1 aromatic rings. The van der Waals surface area contributed by atoms with Crippen LogP contribution in [0.4, 0.5) is 0 Å². The van der Waals surface area contributed by atoms with Crippen LogP contribution in [-0.2, 0) is 9.59 Å². The Hall–Kier alpha value is -2.70. The molecule has 0 aromatic heterocycles. The highest BCUT2D eigenvalue weighted by atomic mass is 16.5. The fourth-order valence-corrected chi connectivity index (χ4v) is 3.02. The number of carbonyl (C=O) groups is 2. The number of amides is 2. The first-order valence-corrected chi connectivity index (χ1v) is 10.0. The lowest BCUT2D eigenvalue weighted by molar-refractivity contribution is -0.134. The third-order valence-electron chi connectivity index (χ3n) is 4.51. The molecule has 0 aliphatic rings. The standard InChI is InChI=1S/C23H36N2O5/c1-14(2)25(15(3)4)21(26)17(24-22(27)23(5,6)7)11-16-12-18(28-8)20(30-10)19(13-16)29-9/h11-15H,1-10H3,(H,24,27)/b17-11+. The first-order valence-electron chi connectivity index (χ1n) is 10.0. The number of nitrogens with zero attached hydrogens (tertiary/aromatic N) is 1. The Kier molecular flexibility index (Phi) is 8.75. The van der Waals surface area contributed by atoms with Crippen LogP contribution in [0.25, 0.3) is 6.08 Å². The average Bonchev–Trinajstić information content (AvgIpc) is 2.64.